The fourth-order valence-corrected chi connectivity index (χ4v) is 4.48. The van der Waals surface area contributed by atoms with Crippen LogP contribution in [-0.4, -0.2) is 26.3 Å². The van der Waals surface area contributed by atoms with E-state index >= 15 is 0 Å². The van der Waals surface area contributed by atoms with Crippen LogP contribution in [0.1, 0.15) is 58.2 Å². The molecule has 1 aliphatic heterocycles. The van der Waals surface area contributed by atoms with E-state index in [1.807, 2.05) is 11.8 Å². The summed E-state index contributed by atoms with van der Waals surface area (Å²) in [6.07, 6.45) is 7.81. The van der Waals surface area contributed by atoms with Crippen molar-refractivity contribution in [3.8, 4) is 0 Å². The van der Waals surface area contributed by atoms with Crippen LogP contribution in [0.25, 0.3) is 0 Å². The van der Waals surface area contributed by atoms with Gasteiger partial charge in [0, 0.05) is 23.4 Å². The molecule has 114 valence electrons. The van der Waals surface area contributed by atoms with Crippen LogP contribution in [0.15, 0.2) is 12.3 Å². The molecular formula is C15H28N4S. The molecule has 0 bridgehead atoms. The molecule has 2 heterocycles. The molecule has 1 aromatic heterocycles. The first-order chi connectivity index (χ1) is 9.62. The highest BCUT2D eigenvalue weighted by molar-refractivity contribution is 8.00. The Labute approximate surface area is 126 Å². The number of nitrogens with zero attached hydrogens (tertiary/aromatic N) is 2. The maximum absolute atomic E-state index is 5.81. The third kappa shape index (κ3) is 3.38. The van der Waals surface area contributed by atoms with Gasteiger partial charge in [-0.2, -0.15) is 16.9 Å². The lowest BCUT2D eigenvalue weighted by Crippen LogP contribution is -2.50. The van der Waals surface area contributed by atoms with Gasteiger partial charge in [0.05, 0.1) is 11.7 Å². The van der Waals surface area contributed by atoms with E-state index in [1.165, 1.54) is 18.6 Å². The van der Waals surface area contributed by atoms with Gasteiger partial charge < -0.3 is 0 Å². The largest absolute Gasteiger partial charge is 0.271 e. The van der Waals surface area contributed by atoms with Gasteiger partial charge in [0.2, 0.25) is 0 Å². The Bertz CT molecular complexity index is 408. The smallest absolute Gasteiger partial charge is 0.0641 e. The molecule has 2 unspecified atom stereocenters. The minimum atomic E-state index is 0.243. The monoisotopic (exact) mass is 296 g/mol. The van der Waals surface area contributed by atoms with Crippen LogP contribution in [0.2, 0.25) is 0 Å². The van der Waals surface area contributed by atoms with E-state index in [2.05, 4.69) is 43.1 Å². The van der Waals surface area contributed by atoms with Gasteiger partial charge in [-0.1, -0.05) is 13.8 Å². The summed E-state index contributed by atoms with van der Waals surface area (Å²) in [6.45, 7) is 6.76. The molecule has 2 atom stereocenters. The predicted molar refractivity (Wildman–Crippen MR) is 86.8 cm³/mol. The minimum Gasteiger partial charge on any atom is -0.271 e. The highest BCUT2D eigenvalue weighted by atomic mass is 32.2. The van der Waals surface area contributed by atoms with Crippen molar-refractivity contribution in [1.29, 1.82) is 0 Å². The van der Waals surface area contributed by atoms with Crippen LogP contribution >= 0.6 is 11.8 Å². The zero-order chi connectivity index (χ0) is 14.6. The molecule has 5 heteroatoms. The summed E-state index contributed by atoms with van der Waals surface area (Å²) < 4.78 is 2.36. The summed E-state index contributed by atoms with van der Waals surface area (Å²) >= 11 is 2.04. The number of aromatic nitrogens is 2. The third-order valence-corrected chi connectivity index (χ3v) is 6.22. The maximum atomic E-state index is 5.81. The molecule has 0 aromatic carbocycles. The van der Waals surface area contributed by atoms with Crippen molar-refractivity contribution in [2.24, 2.45) is 5.84 Å². The van der Waals surface area contributed by atoms with Crippen molar-refractivity contribution in [2.75, 3.05) is 5.75 Å². The minimum absolute atomic E-state index is 0.243. The molecule has 1 aromatic rings. The van der Waals surface area contributed by atoms with Crippen LogP contribution in [0.5, 0.6) is 0 Å². The molecule has 1 fully saturated rings. The van der Waals surface area contributed by atoms with Gasteiger partial charge in [-0.25, -0.2) is 0 Å². The Morgan fingerprint density at radius 3 is 2.80 bits per heavy atom. The summed E-state index contributed by atoms with van der Waals surface area (Å²) in [5, 5.41) is 4.75. The normalized spacial score (nSPS) is 24.4. The number of hydrogen-bond donors (Lipinski definition) is 2. The highest BCUT2D eigenvalue weighted by Crippen LogP contribution is 2.41. The first kappa shape index (κ1) is 15.9. The van der Waals surface area contributed by atoms with Gasteiger partial charge in [-0.3, -0.25) is 16.0 Å². The quantitative estimate of drug-likeness (QED) is 0.600. The van der Waals surface area contributed by atoms with E-state index in [1.54, 1.807) is 0 Å². The van der Waals surface area contributed by atoms with E-state index in [4.69, 9.17) is 10.9 Å². The van der Waals surface area contributed by atoms with Crippen molar-refractivity contribution >= 4 is 11.8 Å². The van der Waals surface area contributed by atoms with Gasteiger partial charge in [-0.15, -0.1) is 0 Å². The average molecular weight is 296 g/mol. The molecule has 0 aliphatic carbocycles. The van der Waals surface area contributed by atoms with Crippen molar-refractivity contribution in [2.45, 2.75) is 69.7 Å². The molecule has 3 N–H and O–H groups in total. The van der Waals surface area contributed by atoms with Crippen molar-refractivity contribution in [3.63, 3.8) is 0 Å². The lowest BCUT2D eigenvalue weighted by molar-refractivity contribution is 0.393. The molecule has 0 amide bonds. The van der Waals surface area contributed by atoms with E-state index in [0.717, 1.165) is 25.0 Å². The molecule has 1 saturated heterocycles. The Balaban J connectivity index is 2.04. The first-order valence-electron chi connectivity index (χ1n) is 7.77. The molecule has 20 heavy (non-hydrogen) atoms. The summed E-state index contributed by atoms with van der Waals surface area (Å²) in [5.74, 6) is 7.05. The second-order valence-corrected chi connectivity index (χ2v) is 7.58. The molecule has 4 nitrogen and oxygen atoms in total. The fourth-order valence-electron chi connectivity index (χ4n) is 3.09. The second-order valence-electron chi connectivity index (χ2n) is 5.95. The Kier molecular flexibility index (Phi) is 5.52. The number of nitrogens with two attached hydrogens (primary N) is 1. The standard InChI is InChI=1S/C15H28N4S/c1-4-13(5-2)19-9-7-12(18-19)11-14(17-16)15(3)8-6-10-20-15/h7,9,13-14,17H,4-6,8,10-11,16H2,1-3H3. The Morgan fingerprint density at radius 2 is 2.25 bits per heavy atom. The van der Waals surface area contributed by atoms with Crippen LogP contribution < -0.4 is 11.3 Å². The SMILES string of the molecule is CCC(CC)n1ccc(CC(NN)C2(C)CCCS2)n1. The van der Waals surface area contributed by atoms with Gasteiger partial charge in [0.15, 0.2) is 0 Å². The van der Waals surface area contributed by atoms with E-state index < -0.39 is 0 Å². The summed E-state index contributed by atoms with van der Waals surface area (Å²) in [4.78, 5) is 0. The van der Waals surface area contributed by atoms with Crippen molar-refractivity contribution in [1.82, 2.24) is 15.2 Å². The maximum Gasteiger partial charge on any atom is 0.0641 e. The predicted octanol–water partition coefficient (Wildman–Crippen LogP) is 2.90. The van der Waals surface area contributed by atoms with E-state index in [0.29, 0.717) is 12.1 Å². The molecule has 2 rings (SSSR count). The summed E-state index contributed by atoms with van der Waals surface area (Å²) in [5.41, 5.74) is 4.18. The molecule has 0 radical (unpaired) electrons. The number of hydrogen-bond acceptors (Lipinski definition) is 4. The van der Waals surface area contributed by atoms with E-state index in [9.17, 15) is 0 Å². The Morgan fingerprint density at radius 1 is 1.50 bits per heavy atom. The average Bonchev–Trinajstić information content (AvgIpc) is 3.08. The van der Waals surface area contributed by atoms with Crippen LogP contribution in [0.3, 0.4) is 0 Å². The molecule has 0 spiro atoms. The molecular weight excluding hydrogens is 268 g/mol. The highest BCUT2D eigenvalue weighted by Gasteiger charge is 2.37. The van der Waals surface area contributed by atoms with Gasteiger partial charge in [0.1, 0.15) is 0 Å². The van der Waals surface area contributed by atoms with E-state index in [-0.39, 0.29) is 4.75 Å². The zero-order valence-electron chi connectivity index (χ0n) is 12.9. The van der Waals surface area contributed by atoms with Crippen molar-refractivity contribution < 1.29 is 0 Å². The number of rotatable bonds is 7. The number of thioether (sulfide) groups is 1. The Hall–Kier alpha value is -0.520. The van der Waals surface area contributed by atoms with Crippen LogP contribution in [0, 0.1) is 0 Å². The summed E-state index contributed by atoms with van der Waals surface area (Å²) in [6, 6.07) is 2.95. The van der Waals surface area contributed by atoms with Gasteiger partial charge in [-0.05, 0) is 44.4 Å². The zero-order valence-corrected chi connectivity index (χ0v) is 13.7. The fraction of sp³-hybridized carbons (Fsp3) is 0.800. The topological polar surface area (TPSA) is 55.9 Å². The lowest BCUT2D eigenvalue weighted by atomic mass is 9.93. The van der Waals surface area contributed by atoms with Crippen molar-refractivity contribution in [3.05, 3.63) is 18.0 Å². The van der Waals surface area contributed by atoms with Crippen LogP contribution in [0.4, 0.5) is 0 Å². The lowest BCUT2D eigenvalue weighted by Gasteiger charge is -2.32. The second kappa shape index (κ2) is 6.96. The third-order valence-electron chi connectivity index (χ3n) is 4.58. The molecule has 0 saturated carbocycles. The van der Waals surface area contributed by atoms with Gasteiger partial charge in [0.25, 0.3) is 0 Å². The molecule has 1 aliphatic rings. The first-order valence-corrected chi connectivity index (χ1v) is 8.75. The summed E-state index contributed by atoms with van der Waals surface area (Å²) in [7, 11) is 0. The number of hydrazine groups is 1. The number of nitrogens with one attached hydrogen (secondary N) is 1. The van der Waals surface area contributed by atoms with Crippen LogP contribution in [-0.2, 0) is 6.42 Å². The van der Waals surface area contributed by atoms with Gasteiger partial charge >= 0.3 is 0 Å².